The highest BCUT2D eigenvalue weighted by Crippen LogP contribution is 2.38. The van der Waals surface area contributed by atoms with Crippen molar-refractivity contribution in [3.05, 3.63) is 40.4 Å². The molecule has 152 valence electrons. The molecule has 6 nitrogen and oxygen atoms in total. The molecule has 3 aromatic rings. The van der Waals surface area contributed by atoms with Gasteiger partial charge >= 0.3 is 5.63 Å². The summed E-state index contributed by atoms with van der Waals surface area (Å²) < 4.78 is 22.3. The Hall–Kier alpha value is -1.73. The highest BCUT2D eigenvalue weighted by atomic mass is 35.5. The van der Waals surface area contributed by atoms with Gasteiger partial charge in [0.05, 0.1) is 20.0 Å². The van der Waals surface area contributed by atoms with Gasteiger partial charge in [0.25, 0.3) is 0 Å². The van der Waals surface area contributed by atoms with Crippen LogP contribution < -0.4 is 10.4 Å². The van der Waals surface area contributed by atoms with E-state index in [4.69, 9.17) is 41.5 Å². The summed E-state index contributed by atoms with van der Waals surface area (Å²) in [6.45, 7) is 3.46. The Morgan fingerprint density at radius 3 is 2.50 bits per heavy atom. The van der Waals surface area contributed by atoms with Crippen LogP contribution in [0.2, 0.25) is 0 Å². The number of halogens is 2. The lowest BCUT2D eigenvalue weighted by Gasteiger charge is -2.19. The monoisotopic (exact) mass is 427 g/mol. The van der Waals surface area contributed by atoms with Crippen LogP contribution in [0.5, 0.6) is 5.75 Å². The quantitative estimate of drug-likeness (QED) is 0.259. The molecule has 0 saturated heterocycles. The van der Waals surface area contributed by atoms with Gasteiger partial charge in [0.1, 0.15) is 0 Å². The van der Waals surface area contributed by atoms with E-state index in [-0.39, 0.29) is 0 Å². The number of alkyl halides is 2. The molecule has 0 fully saturated rings. The largest absolute Gasteiger partial charge is 0.490 e. The van der Waals surface area contributed by atoms with E-state index in [9.17, 15) is 4.79 Å². The molecule has 8 heteroatoms. The van der Waals surface area contributed by atoms with Gasteiger partial charge < -0.3 is 23.2 Å². The van der Waals surface area contributed by atoms with Gasteiger partial charge in [-0.05, 0) is 18.6 Å². The third-order valence-electron chi connectivity index (χ3n) is 4.58. The number of rotatable bonds is 11. The predicted octanol–water partition coefficient (Wildman–Crippen LogP) is 4.23. The fourth-order valence-electron chi connectivity index (χ4n) is 3.27. The standard InChI is InChI=1S/C20H23Cl2NO5/c1-25-20-18-15(5-12-27-18)16(14-3-4-17(24)28-19(14)20)13-26-11-2-8-23(9-6-21)10-7-22/h3-5,12H,2,6-11,13H2,1H3. The number of benzene rings is 1. The Morgan fingerprint density at radius 2 is 1.79 bits per heavy atom. The maximum atomic E-state index is 11.7. The van der Waals surface area contributed by atoms with Gasteiger partial charge in [-0.2, -0.15) is 0 Å². The number of hydrogen-bond donors (Lipinski definition) is 0. The maximum absolute atomic E-state index is 11.7. The average molecular weight is 428 g/mol. The molecule has 0 spiro atoms. The van der Waals surface area contributed by atoms with Gasteiger partial charge in [-0.15, -0.1) is 23.2 Å². The molecule has 0 aliphatic heterocycles. The van der Waals surface area contributed by atoms with E-state index < -0.39 is 5.63 Å². The van der Waals surface area contributed by atoms with Gasteiger partial charge in [0, 0.05) is 60.4 Å². The van der Waals surface area contributed by atoms with Crippen molar-refractivity contribution in [3.8, 4) is 5.75 Å². The van der Waals surface area contributed by atoms with Crippen molar-refractivity contribution in [2.45, 2.75) is 13.0 Å². The van der Waals surface area contributed by atoms with Gasteiger partial charge in [0.2, 0.25) is 5.75 Å². The fraction of sp³-hybridized carbons (Fsp3) is 0.450. The molecular weight excluding hydrogens is 405 g/mol. The van der Waals surface area contributed by atoms with Crippen molar-refractivity contribution in [3.63, 3.8) is 0 Å². The first-order chi connectivity index (χ1) is 13.7. The van der Waals surface area contributed by atoms with Crippen molar-refractivity contribution < 1.29 is 18.3 Å². The van der Waals surface area contributed by atoms with Crippen LogP contribution in [-0.2, 0) is 11.3 Å². The zero-order valence-corrected chi connectivity index (χ0v) is 17.2. The van der Waals surface area contributed by atoms with Crippen LogP contribution in [-0.4, -0.2) is 50.0 Å². The number of ether oxygens (including phenoxy) is 2. The second kappa shape index (κ2) is 10.2. The Balaban J connectivity index is 1.75. The lowest BCUT2D eigenvalue weighted by Crippen LogP contribution is -2.29. The number of furan rings is 1. The Labute approximate surface area is 172 Å². The summed E-state index contributed by atoms with van der Waals surface area (Å²) in [5.74, 6) is 1.58. The topological polar surface area (TPSA) is 65.1 Å². The minimum absolute atomic E-state index is 0.367. The van der Waals surface area contributed by atoms with Crippen LogP contribution >= 0.6 is 23.2 Å². The molecular formula is C20H23Cl2NO5. The summed E-state index contributed by atoms with van der Waals surface area (Å²) in [4.78, 5) is 13.9. The molecule has 0 N–H and O–H groups in total. The first-order valence-corrected chi connectivity index (χ1v) is 10.2. The van der Waals surface area contributed by atoms with Crippen LogP contribution in [0.1, 0.15) is 12.0 Å². The third kappa shape index (κ3) is 4.63. The summed E-state index contributed by atoms with van der Waals surface area (Å²) in [5.41, 5.74) is 1.37. The lowest BCUT2D eigenvalue weighted by atomic mass is 10.0. The molecule has 2 heterocycles. The van der Waals surface area contributed by atoms with Crippen molar-refractivity contribution in [2.24, 2.45) is 0 Å². The normalized spacial score (nSPS) is 11.7. The zero-order valence-electron chi connectivity index (χ0n) is 15.7. The number of methoxy groups -OCH3 is 1. The highest BCUT2D eigenvalue weighted by Gasteiger charge is 2.19. The van der Waals surface area contributed by atoms with Gasteiger partial charge in [-0.25, -0.2) is 4.79 Å². The fourth-order valence-corrected chi connectivity index (χ4v) is 3.75. The average Bonchev–Trinajstić information content (AvgIpc) is 3.16. The second-order valence-corrected chi connectivity index (χ2v) is 7.05. The highest BCUT2D eigenvalue weighted by molar-refractivity contribution is 6.18. The zero-order chi connectivity index (χ0) is 19.9. The summed E-state index contributed by atoms with van der Waals surface area (Å²) in [6.07, 6.45) is 2.45. The summed E-state index contributed by atoms with van der Waals surface area (Å²) >= 11 is 11.6. The van der Waals surface area contributed by atoms with E-state index in [0.717, 1.165) is 42.4 Å². The minimum Gasteiger partial charge on any atom is -0.490 e. The number of nitrogens with zero attached hydrogens (tertiary/aromatic N) is 1. The first-order valence-electron chi connectivity index (χ1n) is 9.11. The lowest BCUT2D eigenvalue weighted by molar-refractivity contribution is 0.111. The molecule has 3 rings (SSSR count). The molecule has 0 aliphatic rings. The van der Waals surface area contributed by atoms with Crippen molar-refractivity contribution in [1.82, 2.24) is 4.90 Å². The van der Waals surface area contributed by atoms with E-state index in [2.05, 4.69) is 4.90 Å². The number of hydrogen-bond acceptors (Lipinski definition) is 6. The van der Waals surface area contributed by atoms with Crippen molar-refractivity contribution >= 4 is 45.1 Å². The molecule has 0 saturated carbocycles. The Morgan fingerprint density at radius 1 is 1.04 bits per heavy atom. The molecule has 28 heavy (non-hydrogen) atoms. The van der Waals surface area contributed by atoms with Crippen molar-refractivity contribution in [2.75, 3.05) is 45.1 Å². The van der Waals surface area contributed by atoms with Gasteiger partial charge in [0.15, 0.2) is 11.2 Å². The van der Waals surface area contributed by atoms with E-state index in [1.54, 1.807) is 12.3 Å². The van der Waals surface area contributed by atoms with Crippen LogP contribution in [0.15, 0.2) is 38.1 Å². The summed E-state index contributed by atoms with van der Waals surface area (Å²) in [6, 6.07) is 4.99. The van der Waals surface area contributed by atoms with E-state index in [1.807, 2.05) is 6.07 Å². The van der Waals surface area contributed by atoms with Gasteiger partial charge in [-0.3, -0.25) is 0 Å². The SMILES string of the molecule is COc1c2occc2c(COCCCN(CCCl)CCCl)c2ccc(=O)oc12. The maximum Gasteiger partial charge on any atom is 0.336 e. The molecule has 0 unspecified atom stereocenters. The van der Waals surface area contributed by atoms with Crippen LogP contribution in [0.4, 0.5) is 0 Å². The van der Waals surface area contributed by atoms with Crippen LogP contribution in [0.25, 0.3) is 21.9 Å². The summed E-state index contributed by atoms with van der Waals surface area (Å²) in [5, 5.41) is 1.65. The Bertz CT molecular complexity index is 962. The molecule has 0 radical (unpaired) electrons. The van der Waals surface area contributed by atoms with Gasteiger partial charge in [-0.1, -0.05) is 0 Å². The number of fused-ring (bicyclic) bond motifs is 2. The predicted molar refractivity (Wildman–Crippen MR) is 111 cm³/mol. The van der Waals surface area contributed by atoms with E-state index >= 15 is 0 Å². The molecule has 2 aromatic heterocycles. The molecule has 0 bridgehead atoms. The molecule has 0 amide bonds. The second-order valence-electron chi connectivity index (χ2n) is 6.30. The molecule has 0 aliphatic carbocycles. The Kier molecular flexibility index (Phi) is 7.62. The summed E-state index contributed by atoms with van der Waals surface area (Å²) in [7, 11) is 1.52. The van der Waals surface area contributed by atoms with Crippen LogP contribution in [0, 0.1) is 0 Å². The molecule has 1 aromatic carbocycles. The smallest absolute Gasteiger partial charge is 0.336 e. The van der Waals surface area contributed by atoms with Crippen molar-refractivity contribution in [1.29, 1.82) is 0 Å². The first kappa shape index (κ1) is 21.0. The molecule has 0 atom stereocenters. The third-order valence-corrected chi connectivity index (χ3v) is 4.91. The minimum atomic E-state index is -0.442. The van der Waals surface area contributed by atoms with Crippen LogP contribution in [0.3, 0.4) is 0 Å². The van der Waals surface area contributed by atoms with E-state index in [0.29, 0.717) is 41.9 Å². The van der Waals surface area contributed by atoms with E-state index in [1.165, 1.54) is 13.2 Å².